The smallest absolute Gasteiger partial charge is 0.274 e. The number of fused-ring (bicyclic) bond motifs is 1. The molecule has 5 nitrogen and oxygen atoms in total. The average molecular weight is 253 g/mol. The highest BCUT2D eigenvalue weighted by atomic mass is 32.1. The van der Waals surface area contributed by atoms with Crippen molar-refractivity contribution in [3.63, 3.8) is 0 Å². The van der Waals surface area contributed by atoms with Crippen LogP contribution >= 0.6 is 11.3 Å². The molecule has 0 saturated heterocycles. The van der Waals surface area contributed by atoms with E-state index in [2.05, 4.69) is 4.98 Å². The van der Waals surface area contributed by atoms with E-state index in [1.807, 2.05) is 24.4 Å². The van der Waals surface area contributed by atoms with Crippen molar-refractivity contribution in [3.8, 4) is 0 Å². The van der Waals surface area contributed by atoms with Gasteiger partial charge in [-0.25, -0.2) is 4.98 Å². The summed E-state index contributed by atoms with van der Waals surface area (Å²) in [6.07, 6.45) is 3.69. The Bertz CT molecular complexity index is 500. The topological polar surface area (TPSA) is 57.8 Å². The van der Waals surface area contributed by atoms with Gasteiger partial charge in [-0.3, -0.25) is 9.20 Å². The monoisotopic (exact) mass is 253 g/mol. The summed E-state index contributed by atoms with van der Waals surface area (Å²) in [7, 11) is 0. The van der Waals surface area contributed by atoms with Crippen molar-refractivity contribution in [2.24, 2.45) is 0 Å². The molecule has 0 aliphatic heterocycles. The molecule has 2 aromatic heterocycles. The fourth-order valence-corrected chi connectivity index (χ4v) is 2.51. The average Bonchev–Trinajstić information content (AvgIpc) is 2.81. The number of aliphatic hydroxyl groups is 1. The summed E-state index contributed by atoms with van der Waals surface area (Å²) in [6, 6.07) is 0. The zero-order valence-electron chi connectivity index (χ0n) is 9.88. The summed E-state index contributed by atoms with van der Waals surface area (Å²) in [5, 5.41) is 8.88. The van der Waals surface area contributed by atoms with E-state index in [4.69, 9.17) is 5.11 Å². The first kappa shape index (κ1) is 12.1. The normalized spacial score (nSPS) is 11.0. The molecule has 0 atom stereocenters. The molecule has 0 unspecified atom stereocenters. The Morgan fingerprint density at radius 1 is 1.59 bits per heavy atom. The molecule has 1 N–H and O–H groups in total. The predicted octanol–water partition coefficient (Wildman–Crippen LogP) is 1.16. The van der Waals surface area contributed by atoms with Crippen molar-refractivity contribution in [2.45, 2.75) is 13.8 Å². The van der Waals surface area contributed by atoms with Crippen LogP contribution in [0.4, 0.5) is 0 Å². The van der Waals surface area contributed by atoms with Crippen molar-refractivity contribution < 1.29 is 9.90 Å². The van der Waals surface area contributed by atoms with E-state index in [9.17, 15) is 4.79 Å². The zero-order valence-corrected chi connectivity index (χ0v) is 10.7. The molecular weight excluding hydrogens is 238 g/mol. The van der Waals surface area contributed by atoms with Gasteiger partial charge in [0.2, 0.25) is 0 Å². The number of aryl methyl sites for hydroxylation is 1. The molecule has 0 saturated carbocycles. The summed E-state index contributed by atoms with van der Waals surface area (Å²) in [5.74, 6) is -0.130. The number of amides is 1. The summed E-state index contributed by atoms with van der Waals surface area (Å²) in [4.78, 5) is 19.9. The summed E-state index contributed by atoms with van der Waals surface area (Å²) in [5.41, 5.74) is 0.437. The van der Waals surface area contributed by atoms with Gasteiger partial charge in [-0.05, 0) is 13.8 Å². The Morgan fingerprint density at radius 3 is 2.94 bits per heavy atom. The fraction of sp³-hybridized carbons (Fsp3) is 0.455. The fourth-order valence-electron chi connectivity index (χ4n) is 1.70. The molecule has 17 heavy (non-hydrogen) atoms. The van der Waals surface area contributed by atoms with Crippen LogP contribution in [0.2, 0.25) is 0 Å². The first-order chi connectivity index (χ1) is 8.15. The van der Waals surface area contributed by atoms with E-state index >= 15 is 0 Å². The van der Waals surface area contributed by atoms with Gasteiger partial charge in [-0.2, -0.15) is 0 Å². The van der Waals surface area contributed by atoms with Gasteiger partial charge in [0.1, 0.15) is 5.69 Å². The van der Waals surface area contributed by atoms with Crippen molar-refractivity contribution in [1.82, 2.24) is 14.3 Å². The minimum atomic E-state index is -0.130. The van der Waals surface area contributed by atoms with Crippen LogP contribution in [0.25, 0.3) is 4.96 Å². The molecule has 6 heteroatoms. The second kappa shape index (κ2) is 4.85. The van der Waals surface area contributed by atoms with Crippen LogP contribution in [0.15, 0.2) is 12.4 Å². The number of aromatic nitrogens is 2. The standard InChI is InChI=1S/C11H15N3O2S/c1-3-13(4-5-15)10(16)9-7-14-6-8(2)17-11(14)12-9/h6-7,15H,3-5H2,1-2H3. The Kier molecular flexibility index (Phi) is 3.44. The molecule has 0 radical (unpaired) electrons. The van der Waals surface area contributed by atoms with Crippen LogP contribution in [0, 0.1) is 6.92 Å². The second-order valence-corrected chi connectivity index (χ2v) is 4.98. The minimum Gasteiger partial charge on any atom is -0.395 e. The number of carbonyl (C=O) groups excluding carboxylic acids is 1. The van der Waals surface area contributed by atoms with Gasteiger partial charge in [0.25, 0.3) is 5.91 Å². The lowest BCUT2D eigenvalue weighted by Gasteiger charge is -2.17. The van der Waals surface area contributed by atoms with Crippen LogP contribution in [0.5, 0.6) is 0 Å². The molecule has 0 fully saturated rings. The number of nitrogens with zero attached hydrogens (tertiary/aromatic N) is 3. The highest BCUT2D eigenvalue weighted by molar-refractivity contribution is 7.17. The zero-order chi connectivity index (χ0) is 12.4. The van der Waals surface area contributed by atoms with E-state index in [1.165, 1.54) is 0 Å². The lowest BCUT2D eigenvalue weighted by Crippen LogP contribution is -2.33. The number of thiazole rings is 1. The molecule has 0 spiro atoms. The number of rotatable bonds is 4. The lowest BCUT2D eigenvalue weighted by molar-refractivity contribution is 0.0727. The van der Waals surface area contributed by atoms with E-state index in [-0.39, 0.29) is 12.5 Å². The molecular formula is C11H15N3O2S. The van der Waals surface area contributed by atoms with Gasteiger partial charge in [0.15, 0.2) is 4.96 Å². The Hall–Kier alpha value is -1.40. The SMILES string of the molecule is CCN(CCO)C(=O)c1cn2cc(C)sc2n1. The van der Waals surface area contributed by atoms with Crippen molar-refractivity contribution >= 4 is 22.2 Å². The third kappa shape index (κ3) is 2.32. The molecule has 2 rings (SSSR count). The van der Waals surface area contributed by atoms with Gasteiger partial charge >= 0.3 is 0 Å². The molecule has 1 amide bonds. The number of aliphatic hydroxyl groups excluding tert-OH is 1. The Balaban J connectivity index is 2.26. The third-order valence-electron chi connectivity index (χ3n) is 2.53. The van der Waals surface area contributed by atoms with E-state index < -0.39 is 0 Å². The third-order valence-corrected chi connectivity index (χ3v) is 3.44. The van der Waals surface area contributed by atoms with Gasteiger partial charge in [0, 0.05) is 30.4 Å². The quantitative estimate of drug-likeness (QED) is 0.889. The molecule has 92 valence electrons. The van der Waals surface area contributed by atoms with Gasteiger partial charge in [0.05, 0.1) is 6.61 Å². The molecule has 0 aromatic carbocycles. The second-order valence-electron chi connectivity index (χ2n) is 3.77. The van der Waals surface area contributed by atoms with Crippen LogP contribution < -0.4 is 0 Å². The van der Waals surface area contributed by atoms with E-state index in [0.717, 1.165) is 9.84 Å². The van der Waals surface area contributed by atoms with Crippen molar-refractivity contribution in [2.75, 3.05) is 19.7 Å². The van der Waals surface area contributed by atoms with Crippen molar-refractivity contribution in [3.05, 3.63) is 23.0 Å². The maximum Gasteiger partial charge on any atom is 0.274 e. The minimum absolute atomic E-state index is 0.0269. The Labute approximate surface area is 103 Å². The number of carbonyl (C=O) groups is 1. The van der Waals surface area contributed by atoms with Crippen LogP contribution in [0.1, 0.15) is 22.3 Å². The maximum absolute atomic E-state index is 12.1. The predicted molar refractivity (Wildman–Crippen MR) is 66.5 cm³/mol. The Morgan fingerprint density at radius 2 is 2.35 bits per heavy atom. The number of hydrogen-bond acceptors (Lipinski definition) is 4. The summed E-state index contributed by atoms with van der Waals surface area (Å²) >= 11 is 1.55. The van der Waals surface area contributed by atoms with E-state index in [0.29, 0.717) is 18.8 Å². The molecule has 0 bridgehead atoms. The van der Waals surface area contributed by atoms with Crippen LogP contribution in [0.3, 0.4) is 0 Å². The maximum atomic E-state index is 12.1. The van der Waals surface area contributed by atoms with Crippen LogP contribution in [-0.4, -0.2) is 45.0 Å². The van der Waals surface area contributed by atoms with E-state index in [1.54, 1.807) is 22.4 Å². The number of likely N-dealkylation sites (N-methyl/N-ethyl adjacent to an activating group) is 1. The van der Waals surface area contributed by atoms with Crippen LogP contribution in [-0.2, 0) is 0 Å². The first-order valence-electron chi connectivity index (χ1n) is 5.51. The largest absolute Gasteiger partial charge is 0.395 e. The highest BCUT2D eigenvalue weighted by Gasteiger charge is 2.17. The highest BCUT2D eigenvalue weighted by Crippen LogP contribution is 2.17. The van der Waals surface area contributed by atoms with Gasteiger partial charge < -0.3 is 10.0 Å². The van der Waals surface area contributed by atoms with Gasteiger partial charge in [-0.1, -0.05) is 0 Å². The first-order valence-corrected chi connectivity index (χ1v) is 6.32. The molecule has 0 aliphatic carbocycles. The molecule has 0 aliphatic rings. The van der Waals surface area contributed by atoms with Crippen molar-refractivity contribution in [1.29, 1.82) is 0 Å². The lowest BCUT2D eigenvalue weighted by atomic mass is 10.4. The molecule has 2 aromatic rings. The summed E-state index contributed by atoms with van der Waals surface area (Å²) in [6.45, 7) is 4.78. The molecule has 2 heterocycles. The summed E-state index contributed by atoms with van der Waals surface area (Å²) < 4.78 is 1.86. The van der Waals surface area contributed by atoms with Gasteiger partial charge in [-0.15, -0.1) is 11.3 Å². The number of hydrogen-bond donors (Lipinski definition) is 1. The number of imidazole rings is 1.